The standard InChI is InChI=1S/C30H36N6O4S/c1-39-24-14-20(30(37)36-16-19-6-8-22(36)26(19)31)12-21-27(24)34(10-11-41(3)38)29(32-21)23-13-18-7-9-25(40-2)33-28(18)35(23)15-17-4-5-17/h7,9,12-14,17,19,22,26H,4-6,8,10-11,15-16,31H2,1-3H3/t19-,22-,26-,41-/m1/s1/i2D3. The van der Waals surface area contributed by atoms with Crippen LogP contribution in [0, 0.1) is 11.8 Å². The van der Waals surface area contributed by atoms with Crippen LogP contribution in [0.25, 0.3) is 33.6 Å². The summed E-state index contributed by atoms with van der Waals surface area (Å²) < 4.78 is 49.9. The smallest absolute Gasteiger partial charge is 0.254 e. The number of nitrogens with two attached hydrogens (primary N) is 1. The first-order valence-electron chi connectivity index (χ1n) is 15.6. The predicted octanol–water partition coefficient (Wildman–Crippen LogP) is 3.42. The van der Waals surface area contributed by atoms with Crippen molar-refractivity contribution in [2.75, 3.05) is 32.7 Å². The van der Waals surface area contributed by atoms with Gasteiger partial charge in [-0.1, -0.05) is 0 Å². The highest BCUT2D eigenvalue weighted by Crippen LogP contribution is 2.40. The Morgan fingerprint density at radius 2 is 2.00 bits per heavy atom. The molecule has 0 unspecified atom stereocenters. The summed E-state index contributed by atoms with van der Waals surface area (Å²) in [6, 6.07) is 8.99. The lowest BCUT2D eigenvalue weighted by molar-refractivity contribution is 0.0700. The number of carbonyl (C=O) groups excluding carboxylic acids is 1. The molecule has 41 heavy (non-hydrogen) atoms. The molecule has 4 aromatic rings. The number of aryl methyl sites for hydroxylation is 1. The van der Waals surface area contributed by atoms with Gasteiger partial charge < -0.3 is 29.2 Å². The number of benzene rings is 1. The van der Waals surface area contributed by atoms with Crippen LogP contribution in [-0.2, 0) is 23.9 Å². The van der Waals surface area contributed by atoms with Gasteiger partial charge in [-0.05, 0) is 61.8 Å². The number of carbonyl (C=O) groups is 1. The highest BCUT2D eigenvalue weighted by molar-refractivity contribution is 7.84. The van der Waals surface area contributed by atoms with Crippen molar-refractivity contribution in [2.24, 2.45) is 17.6 Å². The second-order valence-electron chi connectivity index (χ2n) is 11.6. The van der Waals surface area contributed by atoms with Crippen molar-refractivity contribution in [3.05, 3.63) is 35.9 Å². The van der Waals surface area contributed by atoms with Crippen LogP contribution in [0.1, 0.15) is 40.2 Å². The summed E-state index contributed by atoms with van der Waals surface area (Å²) in [5, 5.41) is 0.819. The number of fused-ring (bicyclic) bond motifs is 4. The predicted molar refractivity (Wildman–Crippen MR) is 159 cm³/mol. The van der Waals surface area contributed by atoms with Crippen molar-refractivity contribution in [1.82, 2.24) is 24.0 Å². The lowest BCUT2D eigenvalue weighted by Crippen LogP contribution is -2.41. The Morgan fingerprint density at radius 1 is 1.15 bits per heavy atom. The Hall–Kier alpha value is -3.44. The zero-order chi connectivity index (χ0) is 30.9. The summed E-state index contributed by atoms with van der Waals surface area (Å²) >= 11 is 0. The van der Waals surface area contributed by atoms with Gasteiger partial charge in [0.25, 0.3) is 5.91 Å². The number of rotatable bonds is 9. The van der Waals surface area contributed by atoms with E-state index in [1.807, 2.05) is 21.6 Å². The van der Waals surface area contributed by atoms with Crippen LogP contribution in [0.15, 0.2) is 30.3 Å². The molecule has 216 valence electrons. The molecule has 2 saturated carbocycles. The monoisotopic (exact) mass is 579 g/mol. The fraction of sp³-hybridized carbons (Fsp3) is 0.500. The van der Waals surface area contributed by atoms with Gasteiger partial charge in [-0.2, -0.15) is 4.98 Å². The van der Waals surface area contributed by atoms with Crippen LogP contribution in [-0.4, -0.2) is 78.9 Å². The number of imidazole rings is 1. The molecule has 3 aromatic heterocycles. The third kappa shape index (κ3) is 4.50. The first kappa shape index (κ1) is 23.2. The highest BCUT2D eigenvalue weighted by Gasteiger charge is 2.47. The van der Waals surface area contributed by atoms with E-state index in [0.29, 0.717) is 71.0 Å². The van der Waals surface area contributed by atoms with Crippen molar-refractivity contribution < 1.29 is 22.6 Å². The maximum absolute atomic E-state index is 13.8. The molecule has 0 radical (unpaired) electrons. The molecule has 2 bridgehead atoms. The number of methoxy groups -OCH3 is 2. The van der Waals surface area contributed by atoms with E-state index in [0.717, 1.165) is 36.8 Å². The quantitative estimate of drug-likeness (QED) is 0.323. The normalized spacial score (nSPS) is 24.0. The maximum atomic E-state index is 13.8. The second kappa shape index (κ2) is 10.1. The molecule has 2 aliphatic carbocycles. The number of pyridine rings is 1. The van der Waals surface area contributed by atoms with Gasteiger partial charge in [0.1, 0.15) is 16.9 Å². The minimum Gasteiger partial charge on any atom is -0.494 e. The Balaban J connectivity index is 1.38. The van der Waals surface area contributed by atoms with Crippen LogP contribution >= 0.6 is 0 Å². The van der Waals surface area contributed by atoms with Crippen molar-refractivity contribution in [1.29, 1.82) is 0 Å². The average Bonchev–Trinajstić information content (AvgIpc) is 3.33. The number of likely N-dealkylation sites (tertiary alicyclic amines) is 1. The zero-order valence-corrected chi connectivity index (χ0v) is 24.0. The molecule has 1 saturated heterocycles. The number of piperidine rings is 1. The van der Waals surface area contributed by atoms with Gasteiger partial charge in [0.05, 0.1) is 29.5 Å². The molecule has 4 atom stereocenters. The van der Waals surface area contributed by atoms with Crippen LogP contribution in [0.2, 0.25) is 0 Å². The van der Waals surface area contributed by atoms with Crippen molar-refractivity contribution in [2.45, 2.75) is 50.9 Å². The number of nitrogens with zero attached hydrogens (tertiary/aromatic N) is 5. The van der Waals surface area contributed by atoms with Crippen LogP contribution < -0.4 is 15.2 Å². The van der Waals surface area contributed by atoms with Gasteiger partial charge in [0.15, 0.2) is 5.82 Å². The molecule has 1 amide bonds. The van der Waals surface area contributed by atoms with Crippen LogP contribution in [0.5, 0.6) is 11.6 Å². The zero-order valence-electron chi connectivity index (χ0n) is 26.2. The van der Waals surface area contributed by atoms with E-state index in [4.69, 9.17) is 24.3 Å². The van der Waals surface area contributed by atoms with Crippen LogP contribution in [0.3, 0.4) is 0 Å². The Morgan fingerprint density at radius 3 is 2.68 bits per heavy atom. The topological polar surface area (TPSA) is 118 Å². The third-order valence-electron chi connectivity index (χ3n) is 8.98. The summed E-state index contributed by atoms with van der Waals surface area (Å²) in [6.45, 7) is 1.76. The minimum atomic E-state index is -2.62. The molecule has 1 aromatic carbocycles. The third-order valence-corrected chi connectivity index (χ3v) is 9.74. The summed E-state index contributed by atoms with van der Waals surface area (Å²) in [6.07, 6.45) is 5.83. The Bertz CT molecular complexity index is 1800. The average molecular weight is 580 g/mol. The van der Waals surface area contributed by atoms with E-state index in [9.17, 15) is 9.00 Å². The van der Waals surface area contributed by atoms with Crippen LogP contribution in [0.4, 0.5) is 0 Å². The number of ether oxygens (including phenoxy) is 2. The molecule has 0 spiro atoms. The molecule has 1 aliphatic heterocycles. The lowest BCUT2D eigenvalue weighted by Gasteiger charge is -2.27. The molecule has 11 heteroatoms. The van der Waals surface area contributed by atoms with E-state index in [-0.39, 0.29) is 23.9 Å². The van der Waals surface area contributed by atoms with Crippen molar-refractivity contribution >= 4 is 38.8 Å². The lowest BCUT2D eigenvalue weighted by atomic mass is 10.1. The highest BCUT2D eigenvalue weighted by atomic mass is 32.2. The van der Waals surface area contributed by atoms with Crippen molar-refractivity contribution in [3.63, 3.8) is 0 Å². The fourth-order valence-corrected chi connectivity index (χ4v) is 7.13. The van der Waals surface area contributed by atoms with Gasteiger partial charge in [0, 0.05) is 71.5 Å². The number of aromatic nitrogens is 4. The molecule has 2 N–H and O–H groups in total. The van der Waals surface area contributed by atoms with E-state index >= 15 is 0 Å². The first-order chi connectivity index (χ1) is 21.0. The fourth-order valence-electron chi connectivity index (χ4n) is 6.69. The van der Waals surface area contributed by atoms with Gasteiger partial charge in [0.2, 0.25) is 5.88 Å². The van der Waals surface area contributed by atoms with Crippen molar-refractivity contribution in [3.8, 4) is 23.1 Å². The summed E-state index contributed by atoms with van der Waals surface area (Å²) in [4.78, 5) is 25.4. The molecular weight excluding hydrogens is 540 g/mol. The summed E-state index contributed by atoms with van der Waals surface area (Å²) in [7, 11) is -2.11. The Kier molecular flexibility index (Phi) is 5.72. The van der Waals surface area contributed by atoms with E-state index in [1.165, 1.54) is 0 Å². The number of hydrogen-bond acceptors (Lipinski definition) is 7. The number of hydrogen-bond donors (Lipinski definition) is 1. The second-order valence-corrected chi connectivity index (χ2v) is 13.2. The van der Waals surface area contributed by atoms with Gasteiger partial charge in [-0.25, -0.2) is 4.98 Å². The number of amides is 1. The molecule has 10 nitrogen and oxygen atoms in total. The van der Waals surface area contributed by atoms with E-state index in [2.05, 4.69) is 9.55 Å². The SMILES string of the molecule is [2H]C([2H])([2H])Oc1ccc2cc(-c3nc4cc(C(=O)N5C[C@H]6CC[C@@H]5[C@@H]6N)cc(OC)c4n3CC[S@@](C)=O)n(CC3CC3)c2n1. The first-order valence-corrected chi connectivity index (χ1v) is 15.9. The summed E-state index contributed by atoms with van der Waals surface area (Å²) in [5.74, 6) is 2.29. The molecule has 3 aliphatic rings. The van der Waals surface area contributed by atoms with E-state index < -0.39 is 17.8 Å². The van der Waals surface area contributed by atoms with E-state index in [1.54, 1.807) is 31.6 Å². The summed E-state index contributed by atoms with van der Waals surface area (Å²) in [5.41, 5.74) is 9.61. The molecule has 3 fully saturated rings. The largest absolute Gasteiger partial charge is 0.494 e. The van der Waals surface area contributed by atoms with Gasteiger partial charge >= 0.3 is 0 Å². The minimum absolute atomic E-state index is 0.0120. The van der Waals surface area contributed by atoms with Gasteiger partial charge in [-0.3, -0.25) is 9.00 Å². The molecule has 7 rings (SSSR count). The van der Waals surface area contributed by atoms with Gasteiger partial charge in [-0.15, -0.1) is 0 Å². The molecule has 4 heterocycles. The Labute approximate surface area is 245 Å². The maximum Gasteiger partial charge on any atom is 0.254 e. The molecular formula is C30H36N6O4S.